The van der Waals surface area contributed by atoms with Gasteiger partial charge in [-0.2, -0.15) is 0 Å². The van der Waals surface area contributed by atoms with Crippen LogP contribution in [0.2, 0.25) is 0 Å². The SMILES string of the molecule is CC(C)(C)OC(=O)NN1CCc2ccc(C(CC(=O)O)c3ccncc3)cc2C1. The molecule has 3 rings (SSSR count). The van der Waals surface area contributed by atoms with Crippen LogP contribution in [-0.4, -0.2) is 39.3 Å². The second-order valence-corrected chi connectivity index (χ2v) is 8.24. The molecule has 7 nitrogen and oxygen atoms in total. The second-order valence-electron chi connectivity index (χ2n) is 8.24. The van der Waals surface area contributed by atoms with E-state index in [1.807, 2.05) is 50.0 Å². The summed E-state index contributed by atoms with van der Waals surface area (Å²) in [4.78, 5) is 27.5. The summed E-state index contributed by atoms with van der Waals surface area (Å²) in [6.07, 6.45) is 3.68. The Morgan fingerprint density at radius 1 is 1.17 bits per heavy atom. The van der Waals surface area contributed by atoms with E-state index in [2.05, 4.69) is 16.5 Å². The van der Waals surface area contributed by atoms with Crippen molar-refractivity contribution < 1.29 is 19.4 Å². The molecule has 0 spiro atoms. The summed E-state index contributed by atoms with van der Waals surface area (Å²) in [5, 5.41) is 11.2. The van der Waals surface area contributed by atoms with Gasteiger partial charge in [-0.1, -0.05) is 18.2 Å². The summed E-state index contributed by atoms with van der Waals surface area (Å²) in [7, 11) is 0. The van der Waals surface area contributed by atoms with Crippen LogP contribution in [0.4, 0.5) is 4.79 Å². The van der Waals surface area contributed by atoms with Crippen LogP contribution in [0.15, 0.2) is 42.7 Å². The molecule has 1 unspecified atom stereocenters. The van der Waals surface area contributed by atoms with E-state index in [1.54, 1.807) is 12.4 Å². The highest BCUT2D eigenvalue weighted by molar-refractivity contribution is 5.69. The van der Waals surface area contributed by atoms with Gasteiger partial charge in [0.15, 0.2) is 0 Å². The number of carboxylic acid groups (broad SMARTS) is 1. The molecule has 0 saturated carbocycles. The fourth-order valence-electron chi connectivity index (χ4n) is 3.52. The number of benzene rings is 1. The lowest BCUT2D eigenvalue weighted by atomic mass is 9.86. The van der Waals surface area contributed by atoms with Crippen LogP contribution in [0.1, 0.15) is 55.4 Å². The number of aliphatic carboxylic acids is 1. The molecular weight excluding hydrogens is 370 g/mol. The quantitative estimate of drug-likeness (QED) is 0.803. The highest BCUT2D eigenvalue weighted by atomic mass is 16.6. The van der Waals surface area contributed by atoms with Crippen molar-refractivity contribution in [3.63, 3.8) is 0 Å². The molecule has 1 atom stereocenters. The van der Waals surface area contributed by atoms with Crippen molar-refractivity contribution in [2.45, 2.75) is 51.7 Å². The average Bonchev–Trinajstić information content (AvgIpc) is 2.64. The number of hydrazine groups is 1. The molecule has 2 heterocycles. The molecule has 1 aromatic carbocycles. The van der Waals surface area contributed by atoms with Gasteiger partial charge in [-0.3, -0.25) is 15.2 Å². The number of nitrogens with zero attached hydrogens (tertiary/aromatic N) is 2. The highest BCUT2D eigenvalue weighted by Gasteiger charge is 2.24. The van der Waals surface area contributed by atoms with Gasteiger partial charge in [0.25, 0.3) is 0 Å². The highest BCUT2D eigenvalue weighted by Crippen LogP contribution is 2.30. The average molecular weight is 397 g/mol. The molecule has 0 radical (unpaired) electrons. The van der Waals surface area contributed by atoms with Gasteiger partial charge in [0, 0.05) is 31.4 Å². The number of ether oxygens (including phenoxy) is 1. The number of carbonyl (C=O) groups excluding carboxylic acids is 1. The molecular formula is C22H27N3O4. The Hall–Kier alpha value is -2.93. The normalized spacial score (nSPS) is 15.3. The molecule has 0 aliphatic carbocycles. The van der Waals surface area contributed by atoms with Crippen LogP contribution in [0.25, 0.3) is 0 Å². The molecule has 1 amide bonds. The van der Waals surface area contributed by atoms with Crippen molar-refractivity contribution in [3.8, 4) is 0 Å². The van der Waals surface area contributed by atoms with Crippen molar-refractivity contribution in [3.05, 3.63) is 65.0 Å². The molecule has 0 saturated heterocycles. The number of hydrogen-bond acceptors (Lipinski definition) is 5. The predicted octanol–water partition coefficient (Wildman–Crippen LogP) is 3.49. The molecule has 29 heavy (non-hydrogen) atoms. The van der Waals surface area contributed by atoms with Gasteiger partial charge in [-0.25, -0.2) is 9.80 Å². The van der Waals surface area contributed by atoms with Crippen molar-refractivity contribution in [1.82, 2.24) is 15.4 Å². The minimum atomic E-state index is -0.849. The number of carboxylic acids is 1. The third kappa shape index (κ3) is 5.77. The fraction of sp³-hybridized carbons (Fsp3) is 0.409. The molecule has 1 aromatic heterocycles. The number of fused-ring (bicyclic) bond motifs is 1. The molecule has 0 bridgehead atoms. The molecule has 2 N–H and O–H groups in total. The summed E-state index contributed by atoms with van der Waals surface area (Å²) < 4.78 is 5.33. The van der Waals surface area contributed by atoms with Crippen molar-refractivity contribution in [1.29, 1.82) is 0 Å². The topological polar surface area (TPSA) is 91.8 Å². The van der Waals surface area contributed by atoms with E-state index in [0.717, 1.165) is 23.1 Å². The van der Waals surface area contributed by atoms with Gasteiger partial charge < -0.3 is 9.84 Å². The van der Waals surface area contributed by atoms with Crippen molar-refractivity contribution in [2.24, 2.45) is 0 Å². The van der Waals surface area contributed by atoms with Crippen LogP contribution >= 0.6 is 0 Å². The first kappa shape index (κ1) is 20.8. The molecule has 1 aliphatic rings. The third-order valence-corrected chi connectivity index (χ3v) is 4.78. The Morgan fingerprint density at radius 3 is 2.55 bits per heavy atom. The summed E-state index contributed by atoms with van der Waals surface area (Å²) in [6, 6.07) is 9.81. The first-order chi connectivity index (χ1) is 13.7. The molecule has 2 aromatic rings. The summed E-state index contributed by atoms with van der Waals surface area (Å²) in [6.45, 7) is 6.71. The number of carbonyl (C=O) groups is 2. The molecule has 1 aliphatic heterocycles. The van der Waals surface area contributed by atoms with Crippen molar-refractivity contribution >= 4 is 12.1 Å². The zero-order valence-corrected chi connectivity index (χ0v) is 17.0. The predicted molar refractivity (Wildman–Crippen MR) is 108 cm³/mol. The molecule has 154 valence electrons. The maximum Gasteiger partial charge on any atom is 0.422 e. The lowest BCUT2D eigenvalue weighted by Crippen LogP contribution is -2.46. The van der Waals surface area contributed by atoms with Gasteiger partial charge in [0.05, 0.1) is 6.42 Å². The second kappa shape index (κ2) is 8.61. The smallest absolute Gasteiger partial charge is 0.422 e. The van der Waals surface area contributed by atoms with Crippen LogP contribution in [0, 0.1) is 0 Å². The van der Waals surface area contributed by atoms with E-state index in [0.29, 0.717) is 13.1 Å². The first-order valence-corrected chi connectivity index (χ1v) is 9.69. The van der Waals surface area contributed by atoms with E-state index in [4.69, 9.17) is 4.74 Å². The Kier molecular flexibility index (Phi) is 6.17. The zero-order valence-electron chi connectivity index (χ0n) is 17.0. The number of rotatable bonds is 5. The lowest BCUT2D eigenvalue weighted by Gasteiger charge is -2.31. The molecule has 7 heteroatoms. The van der Waals surface area contributed by atoms with E-state index in [9.17, 15) is 14.7 Å². The zero-order chi connectivity index (χ0) is 21.0. The number of amides is 1. The van der Waals surface area contributed by atoms with Gasteiger partial charge in [-0.05, 0) is 61.6 Å². The van der Waals surface area contributed by atoms with E-state index in [1.165, 1.54) is 5.56 Å². The van der Waals surface area contributed by atoms with E-state index < -0.39 is 17.7 Å². The maximum atomic E-state index is 12.1. The van der Waals surface area contributed by atoms with Gasteiger partial charge >= 0.3 is 12.1 Å². The van der Waals surface area contributed by atoms with Crippen LogP contribution < -0.4 is 5.43 Å². The number of pyridine rings is 1. The fourth-order valence-corrected chi connectivity index (χ4v) is 3.52. The largest absolute Gasteiger partial charge is 0.481 e. The van der Waals surface area contributed by atoms with Crippen LogP contribution in [0.3, 0.4) is 0 Å². The van der Waals surface area contributed by atoms with Gasteiger partial charge in [0.2, 0.25) is 0 Å². The monoisotopic (exact) mass is 397 g/mol. The third-order valence-electron chi connectivity index (χ3n) is 4.78. The Labute approximate surface area is 170 Å². The first-order valence-electron chi connectivity index (χ1n) is 9.69. The standard InChI is InChI=1S/C22H27N3O4/c1-22(2,3)29-21(28)24-25-11-8-15-4-5-17(12-18(15)14-25)19(13-20(26)27)16-6-9-23-10-7-16/h4-7,9-10,12,19H,8,11,13-14H2,1-3H3,(H,24,28)(H,26,27). The minimum Gasteiger partial charge on any atom is -0.481 e. The minimum absolute atomic E-state index is 0.00265. The maximum absolute atomic E-state index is 12.1. The van der Waals surface area contributed by atoms with E-state index >= 15 is 0 Å². The Morgan fingerprint density at radius 2 is 1.90 bits per heavy atom. The Bertz CT molecular complexity index is 877. The number of aromatic nitrogens is 1. The lowest BCUT2D eigenvalue weighted by molar-refractivity contribution is -0.137. The summed E-state index contributed by atoms with van der Waals surface area (Å²) in [5.74, 6) is -1.10. The van der Waals surface area contributed by atoms with Crippen LogP contribution in [0.5, 0.6) is 0 Å². The number of hydrogen-bond donors (Lipinski definition) is 2. The molecule has 0 fully saturated rings. The summed E-state index contributed by atoms with van der Waals surface area (Å²) >= 11 is 0. The van der Waals surface area contributed by atoms with Gasteiger partial charge in [0.1, 0.15) is 5.60 Å². The van der Waals surface area contributed by atoms with Crippen molar-refractivity contribution in [2.75, 3.05) is 6.54 Å². The number of nitrogens with one attached hydrogen (secondary N) is 1. The van der Waals surface area contributed by atoms with Crippen LogP contribution in [-0.2, 0) is 22.5 Å². The van der Waals surface area contributed by atoms with Gasteiger partial charge in [-0.15, -0.1) is 0 Å². The summed E-state index contributed by atoms with van der Waals surface area (Å²) in [5.41, 5.74) is 6.39. The van der Waals surface area contributed by atoms with E-state index in [-0.39, 0.29) is 12.3 Å². The Balaban J connectivity index is 1.79.